The molecule has 6 heterocycles. The van der Waals surface area contributed by atoms with Crippen molar-refractivity contribution in [2.75, 3.05) is 35.3 Å². The molecule has 0 radical (unpaired) electrons. The Morgan fingerprint density at radius 3 is 1.82 bits per heavy atom. The van der Waals surface area contributed by atoms with Crippen molar-refractivity contribution in [1.82, 2.24) is 9.80 Å². The number of carboxylic acid groups (broad SMARTS) is 1. The van der Waals surface area contributed by atoms with Gasteiger partial charge in [-0.1, -0.05) is 6.07 Å². The van der Waals surface area contributed by atoms with Gasteiger partial charge in [-0.3, -0.25) is 19.2 Å². The Labute approximate surface area is 519 Å². The molecule has 10 N–H and O–H groups in total. The molecule has 90 heavy (non-hydrogen) atoms. The number of methoxy groups -OCH3 is 1. The van der Waals surface area contributed by atoms with Crippen molar-refractivity contribution in [3.05, 3.63) is 61.5 Å². The van der Waals surface area contributed by atoms with Crippen LogP contribution < -0.4 is 15.2 Å². The molecule has 502 valence electrons. The van der Waals surface area contributed by atoms with E-state index in [4.69, 9.17) is 61.9 Å². The lowest BCUT2D eigenvalue weighted by Crippen LogP contribution is -3.17. The molecule has 30 heteroatoms. The second-order valence-electron chi connectivity index (χ2n) is 26.7. The molecule has 0 saturated carbocycles. The van der Waals surface area contributed by atoms with E-state index in [-0.39, 0.29) is 78.1 Å². The number of hydrogen-bond acceptors (Lipinski definition) is 27. The fraction of sp³-hybridized carbons (Fsp3) is 0.733. The first kappa shape index (κ1) is 68.1. The Balaban J connectivity index is 0.893. The minimum atomic E-state index is -1.85. The minimum absolute atomic E-state index is 0.0111. The molecule has 0 spiro atoms. The van der Waals surface area contributed by atoms with Crippen LogP contribution in [0.2, 0.25) is 0 Å². The topological polar surface area (TPSA) is 402 Å². The zero-order chi connectivity index (χ0) is 65.9. The predicted molar refractivity (Wildman–Crippen MR) is 303 cm³/mol. The number of carbonyl (C=O) groups excluding carboxylic acids is 3. The van der Waals surface area contributed by atoms with Gasteiger partial charge in [0.15, 0.2) is 48.1 Å². The molecule has 2 aliphatic carbocycles. The first-order valence-corrected chi connectivity index (χ1v) is 30.3. The van der Waals surface area contributed by atoms with Crippen LogP contribution in [0.25, 0.3) is 0 Å². The van der Waals surface area contributed by atoms with E-state index in [9.17, 15) is 60.7 Å². The Hall–Kier alpha value is -4.72. The lowest BCUT2D eigenvalue weighted by atomic mass is 9.72. The second-order valence-corrected chi connectivity index (χ2v) is 26.7. The molecule has 30 nitrogen and oxygen atoms in total. The first-order valence-electron chi connectivity index (χ1n) is 30.3. The number of quaternary nitrogens is 2. The molecule has 2 unspecified atom stereocenters. The molecular weight excluding hydrogens is 1190 g/mol. The number of fused-ring (bicyclic) bond motifs is 8. The van der Waals surface area contributed by atoms with E-state index < -0.39 is 202 Å². The van der Waals surface area contributed by atoms with Crippen LogP contribution in [0.1, 0.15) is 155 Å². The van der Waals surface area contributed by atoms with E-state index in [1.165, 1.54) is 40.0 Å². The molecule has 5 saturated heterocycles. The lowest BCUT2D eigenvalue weighted by molar-refractivity contribution is -1.09. The van der Waals surface area contributed by atoms with Crippen LogP contribution in [0.15, 0.2) is 12.1 Å². The zero-order valence-electron chi connectivity index (χ0n) is 52.6. The molecule has 8 aliphatic rings. The number of carboxylic acids is 1. The van der Waals surface area contributed by atoms with Crippen LogP contribution in [-0.4, -0.2) is 237 Å². The quantitative estimate of drug-likeness (QED) is 0.0472. The lowest BCUT2D eigenvalue weighted by Gasteiger charge is -2.57. The molecule has 5 fully saturated rings. The molecule has 2 bridgehead atoms. The molecular formula is C60H86N4O26. The number of likely N-dealkylation sites (N-methyl/N-ethyl adjacent to an activating group) is 2. The summed E-state index contributed by atoms with van der Waals surface area (Å²) in [7, 11) is 8.32. The standard InChI is InChI=1S/C60H86N4O26/c1-24-45(68)31(61(9)10)18-36(80-24)84-33-21-57(5,74)20-29-40(33)48(71)42-43(47(29)70)49(72)41-28(46(42)69)14-15-30-52(41)89-56-50(73)44(62(11)12)55(60(30,8)90-56)88-39-23-59(7,64(77)78)54(27(4)83-39)87-38-22-58(6,63(75)76)53(26(3)82-38)86-37-19-32(79-13)51(25(2)81-37)85-35(67)17-16-34(65)66/h14-15,24-27,31-33,36-39,44-45,50-51,53-56,63-64,68,70-71,73-75,77H,16-23H2,1-13H3,(H,65,66)/t24-,25-,26+,27-,31-,32-,33+,36+,37+,38+,39+,44+,45+,50+,51+,53-,54+,55-,56+,57-,58-,59+,60+/m1/s1. The van der Waals surface area contributed by atoms with Gasteiger partial charge >= 0.3 is 11.9 Å². The number of aromatic hydroxyl groups is 2. The Bertz CT molecular complexity index is 3060. The van der Waals surface area contributed by atoms with E-state index in [0.717, 1.165) is 0 Å². The highest BCUT2D eigenvalue weighted by molar-refractivity contribution is 6.31. The van der Waals surface area contributed by atoms with Crippen molar-refractivity contribution in [1.29, 1.82) is 0 Å². The molecule has 0 amide bonds. The summed E-state index contributed by atoms with van der Waals surface area (Å²) < 4.78 is 75.2. The number of aliphatic carboxylic acids is 1. The number of ketones is 2. The van der Waals surface area contributed by atoms with Gasteiger partial charge in [0.1, 0.15) is 53.4 Å². The first-order chi connectivity index (χ1) is 42.0. The number of hydroxylamine groups is 4. The van der Waals surface area contributed by atoms with E-state index in [1.807, 2.05) is 4.90 Å². The van der Waals surface area contributed by atoms with Crippen molar-refractivity contribution in [2.45, 2.75) is 246 Å². The van der Waals surface area contributed by atoms with Crippen LogP contribution in [0.3, 0.4) is 0 Å². The zero-order valence-corrected chi connectivity index (χ0v) is 52.6. The monoisotopic (exact) mass is 1280 g/mol. The number of aliphatic hydroxyl groups excluding tert-OH is 2. The van der Waals surface area contributed by atoms with Gasteiger partial charge in [0.05, 0.1) is 90.6 Å². The van der Waals surface area contributed by atoms with Crippen molar-refractivity contribution < 1.29 is 128 Å². The number of nitrogens with one attached hydrogen (secondary N) is 2. The maximum absolute atomic E-state index is 15.3. The Morgan fingerprint density at radius 2 is 1.26 bits per heavy atom. The summed E-state index contributed by atoms with van der Waals surface area (Å²) in [5, 5.41) is 115. The highest BCUT2D eigenvalue weighted by Gasteiger charge is 2.63. The van der Waals surface area contributed by atoms with Gasteiger partial charge in [-0.05, 0) is 89.6 Å². The van der Waals surface area contributed by atoms with Gasteiger partial charge in [-0.15, -0.1) is 0 Å². The summed E-state index contributed by atoms with van der Waals surface area (Å²) in [6, 6.07) is 1.46. The molecule has 2 aromatic carbocycles. The highest BCUT2D eigenvalue weighted by Crippen LogP contribution is 2.56. The number of benzene rings is 2. The van der Waals surface area contributed by atoms with Crippen LogP contribution in [0, 0.1) is 10.4 Å². The molecule has 6 aliphatic heterocycles. The third-order valence-electron chi connectivity index (χ3n) is 19.7. The van der Waals surface area contributed by atoms with Gasteiger partial charge in [0, 0.05) is 61.1 Å². The summed E-state index contributed by atoms with van der Waals surface area (Å²) in [5.41, 5.74) is -8.33. The van der Waals surface area contributed by atoms with Gasteiger partial charge in [0.2, 0.25) is 12.1 Å². The summed E-state index contributed by atoms with van der Waals surface area (Å²) >= 11 is 0. The van der Waals surface area contributed by atoms with E-state index in [1.54, 1.807) is 67.7 Å². The van der Waals surface area contributed by atoms with Crippen molar-refractivity contribution in [3.8, 4) is 17.2 Å². The molecule has 25 atom stereocenters. The minimum Gasteiger partial charge on any atom is -0.600 e. The van der Waals surface area contributed by atoms with Crippen molar-refractivity contribution in [3.63, 3.8) is 0 Å². The Kier molecular flexibility index (Phi) is 19.1. The number of hydrogen-bond donors (Lipinski definition) is 10. The SMILES string of the molecule is CO[C@@H]1C[C@H](O[C@@H]2[C@H](C)O[C@@H](O[C@H]3[C@@H](C)O[C@@H](O[C@@H]4[C@@H](N(C)C)[C@H](O)[C@H]5Oc6c(ccc7c6C(=O)c6c(O)c8c(c(O)c6C7=O)[C@@H](O[C@H]6C[C@@H](N(C)C)[C@@H](O)[C@@H](C)O6)C[C@](C)(O)C8)[C@]4(C)O5)C[C@]3(C)[NH+]([O-])O)C[C@@]2(C)[NH+]([O-])O)O[C@H](C)[C@@H]1OC(=O)CCC(=O)O. The van der Waals surface area contributed by atoms with Crippen molar-refractivity contribution >= 4 is 23.5 Å². The number of ether oxygens (including phenoxy) is 12. The summed E-state index contributed by atoms with van der Waals surface area (Å²) in [6.07, 6.45) is -20.7. The average Bonchev–Trinajstić information content (AvgIpc) is 0.700. The molecule has 10 rings (SSSR count). The maximum atomic E-state index is 15.3. The third-order valence-corrected chi connectivity index (χ3v) is 19.7. The molecule has 0 aromatic heterocycles. The third kappa shape index (κ3) is 12.1. The number of nitrogens with zero attached hydrogens (tertiary/aromatic N) is 2. The Morgan fingerprint density at radius 1 is 0.700 bits per heavy atom. The predicted octanol–water partition coefficient (Wildman–Crippen LogP) is -0.278. The van der Waals surface area contributed by atoms with Gasteiger partial charge in [0.25, 0.3) is 0 Å². The largest absolute Gasteiger partial charge is 0.600 e. The van der Waals surface area contributed by atoms with E-state index >= 15 is 4.79 Å². The normalized spacial score (nSPS) is 41.5. The van der Waals surface area contributed by atoms with Gasteiger partial charge in [-0.2, -0.15) is 0 Å². The number of esters is 1. The van der Waals surface area contributed by atoms with Gasteiger partial charge in [-0.25, -0.2) is 20.9 Å². The second kappa shape index (κ2) is 25.2. The van der Waals surface area contributed by atoms with Crippen LogP contribution >= 0.6 is 0 Å². The number of aliphatic hydroxyl groups is 3. The van der Waals surface area contributed by atoms with Crippen LogP contribution in [0.5, 0.6) is 17.2 Å². The van der Waals surface area contributed by atoms with Crippen LogP contribution in [-0.2, 0) is 73.7 Å². The number of phenolic OH excluding ortho intramolecular Hbond substituents is 2. The van der Waals surface area contributed by atoms with Gasteiger partial charge < -0.3 is 108 Å². The summed E-state index contributed by atoms with van der Waals surface area (Å²) in [4.78, 5) is 57.2. The van der Waals surface area contributed by atoms with E-state index in [2.05, 4.69) is 0 Å². The molecule has 2 aromatic rings. The summed E-state index contributed by atoms with van der Waals surface area (Å²) in [5.74, 6) is -5.25. The summed E-state index contributed by atoms with van der Waals surface area (Å²) in [6.45, 7) is 12.4. The fourth-order valence-corrected chi connectivity index (χ4v) is 14.8. The number of phenols is 2. The number of rotatable bonds is 17. The average molecular weight is 1280 g/mol. The highest BCUT2D eigenvalue weighted by atomic mass is 16.8. The maximum Gasteiger partial charge on any atom is 0.306 e. The number of carbonyl (C=O) groups is 4. The van der Waals surface area contributed by atoms with E-state index in [0.29, 0.717) is 0 Å². The smallest absolute Gasteiger partial charge is 0.306 e. The fourth-order valence-electron chi connectivity index (χ4n) is 14.8. The van der Waals surface area contributed by atoms with Crippen LogP contribution in [0.4, 0.5) is 0 Å². The van der Waals surface area contributed by atoms with Crippen molar-refractivity contribution in [2.24, 2.45) is 0 Å².